The van der Waals surface area contributed by atoms with Crippen molar-refractivity contribution < 1.29 is 28.5 Å². The minimum atomic E-state index is -0.980. The molecule has 108 valence electrons. The van der Waals surface area contributed by atoms with Crippen LogP contribution in [0.4, 0.5) is 0 Å². The maximum Gasteiger partial charge on any atom is 0.317 e. The number of hydrogen-bond acceptors (Lipinski definition) is 6. The molecule has 6 nitrogen and oxygen atoms in total. The Labute approximate surface area is 112 Å². The summed E-state index contributed by atoms with van der Waals surface area (Å²) in [4.78, 5) is 23.8. The van der Waals surface area contributed by atoms with Crippen LogP contribution in [0.25, 0.3) is 0 Å². The highest BCUT2D eigenvalue weighted by molar-refractivity contribution is 5.80. The molecule has 1 aliphatic heterocycles. The van der Waals surface area contributed by atoms with E-state index >= 15 is 0 Å². The molecule has 1 saturated heterocycles. The minimum Gasteiger partial charge on any atom is -0.469 e. The van der Waals surface area contributed by atoms with Crippen LogP contribution in [-0.4, -0.2) is 45.2 Å². The van der Waals surface area contributed by atoms with Crippen molar-refractivity contribution >= 4 is 11.9 Å². The van der Waals surface area contributed by atoms with E-state index < -0.39 is 17.2 Å². The van der Waals surface area contributed by atoms with E-state index in [0.717, 1.165) is 0 Å². The van der Waals surface area contributed by atoms with Gasteiger partial charge in [-0.15, -0.1) is 0 Å². The van der Waals surface area contributed by atoms with E-state index in [2.05, 4.69) is 0 Å². The lowest BCUT2D eigenvalue weighted by Crippen LogP contribution is -2.52. The molecule has 19 heavy (non-hydrogen) atoms. The molecule has 0 aromatic rings. The summed E-state index contributed by atoms with van der Waals surface area (Å²) in [5, 5.41) is 0. The van der Waals surface area contributed by atoms with Gasteiger partial charge in [-0.05, 0) is 19.3 Å². The van der Waals surface area contributed by atoms with Crippen LogP contribution in [0.1, 0.15) is 26.2 Å². The highest BCUT2D eigenvalue weighted by Gasteiger charge is 2.66. The molecule has 0 amide bonds. The van der Waals surface area contributed by atoms with Gasteiger partial charge in [-0.25, -0.2) is 0 Å². The molecule has 2 atom stereocenters. The quantitative estimate of drug-likeness (QED) is 0.710. The van der Waals surface area contributed by atoms with Gasteiger partial charge in [-0.3, -0.25) is 9.59 Å². The molecular weight excluding hydrogens is 252 g/mol. The summed E-state index contributed by atoms with van der Waals surface area (Å²) >= 11 is 0. The number of carbonyl (C=O) groups is 2. The third kappa shape index (κ3) is 2.03. The second-order valence-corrected chi connectivity index (χ2v) is 5.16. The van der Waals surface area contributed by atoms with Crippen molar-refractivity contribution in [1.29, 1.82) is 0 Å². The SMILES string of the molecule is COC(=O)C[C@@H]1CCC2(OCCO2)[C@@]1(C)C(=O)OC. The lowest BCUT2D eigenvalue weighted by atomic mass is 9.74. The van der Waals surface area contributed by atoms with E-state index in [1.54, 1.807) is 6.92 Å². The second kappa shape index (κ2) is 5.09. The highest BCUT2D eigenvalue weighted by atomic mass is 16.7. The topological polar surface area (TPSA) is 71.1 Å². The zero-order valence-electron chi connectivity index (χ0n) is 11.6. The molecule has 0 bridgehead atoms. The number of esters is 2. The Hall–Kier alpha value is -1.14. The first kappa shape index (κ1) is 14.3. The molecule has 6 heteroatoms. The van der Waals surface area contributed by atoms with Crippen LogP contribution in [0.3, 0.4) is 0 Å². The Kier molecular flexibility index (Phi) is 3.82. The summed E-state index contributed by atoms with van der Waals surface area (Å²) in [6, 6.07) is 0. The van der Waals surface area contributed by atoms with E-state index in [4.69, 9.17) is 18.9 Å². The average Bonchev–Trinajstić information content (AvgIpc) is 3.00. The Morgan fingerprint density at radius 1 is 1.21 bits per heavy atom. The molecule has 2 rings (SSSR count). The molecule has 1 heterocycles. The van der Waals surface area contributed by atoms with Crippen molar-refractivity contribution in [3.8, 4) is 0 Å². The Balaban J connectivity index is 2.30. The predicted molar refractivity (Wildman–Crippen MR) is 64.1 cm³/mol. The molecule has 0 aromatic heterocycles. The van der Waals surface area contributed by atoms with Crippen molar-refractivity contribution in [2.45, 2.75) is 32.0 Å². The molecule has 1 saturated carbocycles. The normalized spacial score (nSPS) is 32.5. The van der Waals surface area contributed by atoms with Gasteiger partial charge in [0.25, 0.3) is 0 Å². The fourth-order valence-corrected chi connectivity index (χ4v) is 3.25. The lowest BCUT2D eigenvalue weighted by Gasteiger charge is -2.39. The molecule has 1 aliphatic carbocycles. The van der Waals surface area contributed by atoms with E-state index in [1.807, 2.05) is 0 Å². The van der Waals surface area contributed by atoms with Gasteiger partial charge in [0, 0.05) is 12.8 Å². The van der Waals surface area contributed by atoms with Crippen LogP contribution in [-0.2, 0) is 28.5 Å². The first-order valence-electron chi connectivity index (χ1n) is 6.43. The molecule has 1 spiro atoms. The second-order valence-electron chi connectivity index (χ2n) is 5.16. The van der Waals surface area contributed by atoms with Gasteiger partial charge in [0.1, 0.15) is 5.41 Å². The molecule has 2 fully saturated rings. The largest absolute Gasteiger partial charge is 0.469 e. The summed E-state index contributed by atoms with van der Waals surface area (Å²) < 4.78 is 21.0. The predicted octanol–water partition coefficient (Wildman–Crippen LogP) is 0.882. The third-order valence-electron chi connectivity index (χ3n) is 4.43. The van der Waals surface area contributed by atoms with Gasteiger partial charge in [0.15, 0.2) is 5.79 Å². The number of methoxy groups -OCH3 is 2. The number of carbonyl (C=O) groups excluding carboxylic acids is 2. The molecule has 0 aromatic carbocycles. The Morgan fingerprint density at radius 2 is 1.84 bits per heavy atom. The number of ether oxygens (including phenoxy) is 4. The fraction of sp³-hybridized carbons (Fsp3) is 0.846. The van der Waals surface area contributed by atoms with Crippen LogP contribution >= 0.6 is 0 Å². The van der Waals surface area contributed by atoms with Gasteiger partial charge in [0.05, 0.1) is 27.4 Å². The first-order chi connectivity index (χ1) is 9.00. The maximum absolute atomic E-state index is 12.2. The summed E-state index contributed by atoms with van der Waals surface area (Å²) in [7, 11) is 2.68. The Morgan fingerprint density at radius 3 is 2.37 bits per heavy atom. The Bertz CT molecular complexity index is 373. The van der Waals surface area contributed by atoms with Gasteiger partial charge < -0.3 is 18.9 Å². The van der Waals surface area contributed by atoms with E-state index in [9.17, 15) is 9.59 Å². The first-order valence-corrected chi connectivity index (χ1v) is 6.43. The minimum absolute atomic E-state index is 0.163. The molecule has 0 unspecified atom stereocenters. The van der Waals surface area contributed by atoms with Crippen LogP contribution in [0.5, 0.6) is 0 Å². The maximum atomic E-state index is 12.2. The number of hydrogen-bond donors (Lipinski definition) is 0. The van der Waals surface area contributed by atoms with E-state index in [0.29, 0.717) is 26.1 Å². The van der Waals surface area contributed by atoms with E-state index in [1.165, 1.54) is 14.2 Å². The van der Waals surface area contributed by atoms with Crippen molar-refractivity contribution in [2.75, 3.05) is 27.4 Å². The van der Waals surface area contributed by atoms with Crippen molar-refractivity contribution in [2.24, 2.45) is 11.3 Å². The van der Waals surface area contributed by atoms with Crippen molar-refractivity contribution in [3.05, 3.63) is 0 Å². The zero-order valence-corrected chi connectivity index (χ0v) is 11.6. The van der Waals surface area contributed by atoms with Crippen molar-refractivity contribution in [3.63, 3.8) is 0 Å². The third-order valence-corrected chi connectivity index (χ3v) is 4.43. The molecular formula is C13H20O6. The van der Waals surface area contributed by atoms with Gasteiger partial charge in [0.2, 0.25) is 0 Å². The van der Waals surface area contributed by atoms with Crippen molar-refractivity contribution in [1.82, 2.24) is 0 Å². The average molecular weight is 272 g/mol. The smallest absolute Gasteiger partial charge is 0.317 e. The van der Waals surface area contributed by atoms with Crippen LogP contribution in [0, 0.1) is 11.3 Å². The van der Waals surface area contributed by atoms with Gasteiger partial charge in [-0.2, -0.15) is 0 Å². The monoisotopic (exact) mass is 272 g/mol. The summed E-state index contributed by atoms with van der Waals surface area (Å²) in [5.74, 6) is -1.90. The van der Waals surface area contributed by atoms with Crippen LogP contribution < -0.4 is 0 Å². The standard InChI is InChI=1S/C13H20O6/c1-12(11(15)17-3)9(8-10(14)16-2)4-5-13(12)18-6-7-19-13/h9H,4-8H2,1-3H3/t9-,12+/m0/s1. The van der Waals surface area contributed by atoms with Gasteiger partial charge >= 0.3 is 11.9 Å². The number of rotatable bonds is 3. The molecule has 0 radical (unpaired) electrons. The summed E-state index contributed by atoms with van der Waals surface area (Å²) in [6.45, 7) is 2.67. The summed E-state index contributed by atoms with van der Waals surface area (Å²) in [6.07, 6.45) is 1.41. The highest BCUT2D eigenvalue weighted by Crippen LogP contribution is 2.56. The summed E-state index contributed by atoms with van der Waals surface area (Å²) in [5.41, 5.74) is -0.980. The fourth-order valence-electron chi connectivity index (χ4n) is 3.25. The molecule has 0 N–H and O–H groups in total. The van der Waals surface area contributed by atoms with Gasteiger partial charge in [-0.1, -0.05) is 0 Å². The van der Waals surface area contributed by atoms with Crippen LogP contribution in [0.2, 0.25) is 0 Å². The zero-order chi connectivity index (χ0) is 14.1. The lowest BCUT2D eigenvalue weighted by molar-refractivity contribution is -0.233. The van der Waals surface area contributed by atoms with E-state index in [-0.39, 0.29) is 18.3 Å². The molecule has 2 aliphatic rings. The van der Waals surface area contributed by atoms with Crippen LogP contribution in [0.15, 0.2) is 0 Å².